The summed E-state index contributed by atoms with van der Waals surface area (Å²) < 4.78 is 33.9. The first kappa shape index (κ1) is 19.1. The number of benzene rings is 1. The predicted octanol–water partition coefficient (Wildman–Crippen LogP) is 1.62. The van der Waals surface area contributed by atoms with E-state index < -0.39 is 16.0 Å². The Bertz CT molecular complexity index is 800. The molecule has 1 fully saturated rings. The second kappa shape index (κ2) is 6.83. The van der Waals surface area contributed by atoms with Crippen LogP contribution in [0.3, 0.4) is 0 Å². The summed E-state index contributed by atoms with van der Waals surface area (Å²) in [6, 6.07) is 4.92. The predicted molar refractivity (Wildman–Crippen MR) is 96.9 cm³/mol. The number of likely N-dealkylation sites (N-methyl/N-ethyl adjacent to an activating group) is 1. The van der Waals surface area contributed by atoms with Gasteiger partial charge in [0.15, 0.2) is 0 Å². The first-order chi connectivity index (χ1) is 12.1. The fraction of sp³-hybridized carbons (Fsp3) is 0.611. The number of carbonyl (C=O) groups is 1. The zero-order valence-corrected chi connectivity index (χ0v) is 16.2. The van der Waals surface area contributed by atoms with Gasteiger partial charge in [-0.3, -0.25) is 9.69 Å². The summed E-state index contributed by atoms with van der Waals surface area (Å²) in [5, 5.41) is 8.93. The van der Waals surface area contributed by atoms with E-state index in [1.165, 1.54) is 0 Å². The van der Waals surface area contributed by atoms with Gasteiger partial charge < -0.3 is 9.84 Å². The number of sulfonamides is 1. The highest BCUT2D eigenvalue weighted by molar-refractivity contribution is 7.89. The van der Waals surface area contributed by atoms with E-state index in [-0.39, 0.29) is 29.1 Å². The van der Waals surface area contributed by atoms with Crippen LogP contribution in [0, 0.1) is 0 Å². The lowest BCUT2D eigenvalue weighted by molar-refractivity contribution is -0.139. The molecule has 2 aliphatic rings. The molecule has 0 spiro atoms. The number of hydrogen-bond donors (Lipinski definition) is 2. The van der Waals surface area contributed by atoms with E-state index in [0.29, 0.717) is 25.8 Å². The number of rotatable bonds is 7. The van der Waals surface area contributed by atoms with E-state index in [2.05, 4.69) is 4.72 Å². The maximum absolute atomic E-state index is 12.7. The third-order valence-electron chi connectivity index (χ3n) is 5.04. The topological polar surface area (TPSA) is 95.9 Å². The van der Waals surface area contributed by atoms with E-state index in [1.807, 2.05) is 25.7 Å². The molecule has 1 aliphatic heterocycles. The fourth-order valence-corrected chi connectivity index (χ4v) is 5.01. The molecule has 144 valence electrons. The number of carboxylic acids is 1. The third kappa shape index (κ3) is 4.02. The number of ether oxygens (including phenoxy) is 1. The largest absolute Gasteiger partial charge is 0.487 e. The van der Waals surface area contributed by atoms with Crippen LogP contribution in [-0.2, 0) is 21.2 Å². The van der Waals surface area contributed by atoms with Crippen LogP contribution >= 0.6 is 0 Å². The summed E-state index contributed by atoms with van der Waals surface area (Å²) in [4.78, 5) is 13.0. The van der Waals surface area contributed by atoms with Gasteiger partial charge in [-0.1, -0.05) is 6.92 Å². The fourth-order valence-electron chi connectivity index (χ4n) is 3.70. The van der Waals surface area contributed by atoms with Gasteiger partial charge in [0.05, 0.1) is 11.4 Å². The Balaban J connectivity index is 1.62. The third-order valence-corrected chi connectivity index (χ3v) is 6.56. The second-order valence-corrected chi connectivity index (χ2v) is 9.42. The number of hydrogen-bond acceptors (Lipinski definition) is 5. The molecular weight excluding hydrogens is 356 g/mol. The first-order valence-corrected chi connectivity index (χ1v) is 10.4. The molecule has 1 aliphatic carbocycles. The van der Waals surface area contributed by atoms with Gasteiger partial charge in [0, 0.05) is 18.5 Å². The van der Waals surface area contributed by atoms with Crippen molar-refractivity contribution in [3.63, 3.8) is 0 Å². The van der Waals surface area contributed by atoms with Gasteiger partial charge in [-0.15, -0.1) is 0 Å². The maximum Gasteiger partial charge on any atom is 0.317 e. The zero-order chi connectivity index (χ0) is 19.1. The average molecular weight is 382 g/mol. The van der Waals surface area contributed by atoms with Crippen molar-refractivity contribution in [3.05, 3.63) is 23.8 Å². The van der Waals surface area contributed by atoms with Crippen molar-refractivity contribution in [1.82, 2.24) is 9.62 Å². The number of carboxylic acid groups (broad SMARTS) is 1. The van der Waals surface area contributed by atoms with Crippen LogP contribution < -0.4 is 9.46 Å². The summed E-state index contributed by atoms with van der Waals surface area (Å²) in [5.74, 6) is -0.121. The number of nitrogens with one attached hydrogen (secondary N) is 1. The highest BCUT2D eigenvalue weighted by Crippen LogP contribution is 2.36. The second-order valence-electron chi connectivity index (χ2n) is 7.71. The molecule has 0 atom stereocenters. The minimum atomic E-state index is -3.60. The van der Waals surface area contributed by atoms with Gasteiger partial charge in [-0.05, 0) is 57.0 Å². The van der Waals surface area contributed by atoms with Crippen molar-refractivity contribution in [1.29, 1.82) is 0 Å². The van der Waals surface area contributed by atoms with Crippen LogP contribution in [0.5, 0.6) is 5.75 Å². The molecule has 1 aromatic carbocycles. The summed E-state index contributed by atoms with van der Waals surface area (Å²) in [5.41, 5.74) is 0.593. The lowest BCUT2D eigenvalue weighted by Crippen LogP contribution is -2.54. The Hall–Kier alpha value is -1.64. The van der Waals surface area contributed by atoms with Crippen LogP contribution in [0.15, 0.2) is 23.1 Å². The SMILES string of the molecule is CCN(CC(=O)O)C1CC(NS(=O)(=O)c2ccc3c(c2)CC(C)(C)O3)C1. The van der Waals surface area contributed by atoms with E-state index in [4.69, 9.17) is 9.84 Å². The normalized spacial score (nSPS) is 24.0. The molecule has 26 heavy (non-hydrogen) atoms. The molecule has 8 heteroatoms. The van der Waals surface area contributed by atoms with Crippen LogP contribution in [0.25, 0.3) is 0 Å². The Morgan fingerprint density at radius 3 is 2.69 bits per heavy atom. The van der Waals surface area contributed by atoms with Gasteiger partial charge in [-0.25, -0.2) is 13.1 Å². The molecule has 2 N–H and O–H groups in total. The molecule has 0 amide bonds. The van der Waals surface area contributed by atoms with Gasteiger partial charge >= 0.3 is 5.97 Å². The average Bonchev–Trinajstić information content (AvgIpc) is 2.81. The highest BCUT2D eigenvalue weighted by atomic mass is 32.2. The molecular formula is C18H26N2O5S. The molecule has 1 aromatic rings. The molecule has 7 nitrogen and oxygen atoms in total. The lowest BCUT2D eigenvalue weighted by Gasteiger charge is -2.42. The molecule has 1 heterocycles. The summed E-state index contributed by atoms with van der Waals surface area (Å²) in [6.07, 6.45) is 1.93. The van der Waals surface area contributed by atoms with Crippen molar-refractivity contribution in [2.24, 2.45) is 0 Å². The van der Waals surface area contributed by atoms with Crippen LogP contribution in [0.1, 0.15) is 39.2 Å². The van der Waals surface area contributed by atoms with Crippen LogP contribution in [-0.4, -0.2) is 55.2 Å². The van der Waals surface area contributed by atoms with E-state index in [9.17, 15) is 13.2 Å². The van der Waals surface area contributed by atoms with E-state index in [0.717, 1.165) is 11.3 Å². The van der Waals surface area contributed by atoms with Gasteiger partial charge in [0.2, 0.25) is 10.0 Å². The molecule has 0 bridgehead atoms. The van der Waals surface area contributed by atoms with Crippen LogP contribution in [0.4, 0.5) is 0 Å². The number of aliphatic carboxylic acids is 1. The van der Waals surface area contributed by atoms with Gasteiger partial charge in [0.1, 0.15) is 11.4 Å². The minimum Gasteiger partial charge on any atom is -0.487 e. The van der Waals surface area contributed by atoms with Crippen molar-refractivity contribution >= 4 is 16.0 Å². The smallest absolute Gasteiger partial charge is 0.317 e. The molecule has 0 unspecified atom stereocenters. The molecule has 0 radical (unpaired) electrons. The summed E-state index contributed by atoms with van der Waals surface area (Å²) in [7, 11) is -3.60. The Labute approximate surface area is 154 Å². The van der Waals surface area contributed by atoms with Gasteiger partial charge in [-0.2, -0.15) is 0 Å². The zero-order valence-electron chi connectivity index (χ0n) is 15.4. The summed E-state index contributed by atoms with van der Waals surface area (Å²) in [6.45, 7) is 6.49. The quantitative estimate of drug-likeness (QED) is 0.744. The molecule has 0 saturated heterocycles. The van der Waals surface area contributed by atoms with Crippen LogP contribution in [0.2, 0.25) is 0 Å². The first-order valence-electron chi connectivity index (χ1n) is 8.90. The molecule has 1 saturated carbocycles. The molecule has 3 rings (SSSR count). The minimum absolute atomic E-state index is 0.0127. The van der Waals surface area contributed by atoms with Crippen molar-refractivity contribution < 1.29 is 23.1 Å². The maximum atomic E-state index is 12.7. The number of nitrogens with zero attached hydrogens (tertiary/aromatic N) is 1. The number of fused-ring (bicyclic) bond motifs is 1. The Kier molecular flexibility index (Phi) is 5.02. The van der Waals surface area contributed by atoms with Crippen molar-refractivity contribution in [2.45, 2.75) is 62.6 Å². The van der Waals surface area contributed by atoms with Crippen molar-refractivity contribution in [3.8, 4) is 5.75 Å². The summed E-state index contributed by atoms with van der Waals surface area (Å²) >= 11 is 0. The lowest BCUT2D eigenvalue weighted by atomic mass is 9.86. The highest BCUT2D eigenvalue weighted by Gasteiger charge is 2.37. The van der Waals surface area contributed by atoms with Crippen molar-refractivity contribution in [2.75, 3.05) is 13.1 Å². The Morgan fingerprint density at radius 2 is 2.08 bits per heavy atom. The van der Waals surface area contributed by atoms with Gasteiger partial charge in [0.25, 0.3) is 0 Å². The Morgan fingerprint density at radius 1 is 1.38 bits per heavy atom. The standard InChI is InChI=1S/C18H26N2O5S/c1-4-20(11-17(21)22)14-8-13(9-14)19-26(23,24)15-5-6-16-12(7-15)10-18(2,3)25-16/h5-7,13-14,19H,4,8-11H2,1-3H3,(H,21,22). The van der Waals surface area contributed by atoms with E-state index in [1.54, 1.807) is 18.2 Å². The molecule has 0 aromatic heterocycles. The monoisotopic (exact) mass is 382 g/mol. The van der Waals surface area contributed by atoms with E-state index >= 15 is 0 Å².